The molecule has 9 nitrogen and oxygen atoms in total. The first-order chi connectivity index (χ1) is 12.3. The summed E-state index contributed by atoms with van der Waals surface area (Å²) in [6.45, 7) is 2.03. The molecule has 0 radical (unpaired) electrons. The first kappa shape index (κ1) is 19.0. The summed E-state index contributed by atoms with van der Waals surface area (Å²) in [6.07, 6.45) is -7.26. The van der Waals surface area contributed by atoms with Crippen molar-refractivity contribution in [2.24, 2.45) is 11.7 Å². The number of nitrogens with two attached hydrogens (primary N) is 1. The van der Waals surface area contributed by atoms with Crippen LogP contribution in [0.15, 0.2) is 11.0 Å². The van der Waals surface area contributed by atoms with Crippen LogP contribution < -0.4 is 11.4 Å². The molecule has 2 heterocycles. The van der Waals surface area contributed by atoms with Crippen molar-refractivity contribution in [2.75, 3.05) is 6.61 Å². The average molecular weight is 396 g/mol. The van der Waals surface area contributed by atoms with Gasteiger partial charge in [-0.3, -0.25) is 14.3 Å². The van der Waals surface area contributed by atoms with Gasteiger partial charge in [-0.2, -0.15) is 0 Å². The van der Waals surface area contributed by atoms with Crippen molar-refractivity contribution in [3.8, 4) is 0 Å². The standard InChI is InChI=1S/C14H19F2N3O6S/c1-5(2)7(17)12(22)24-4-14(16)9(21)8(20)11(25-14)19-3-6(15)10(26)18-13(19)23/h3,5,7-9,11,20-21H,4,17H2,1-2H3,(H,18,23,26)/t7-,8+,9-,11+,14+/m0/s1/i11D. The highest BCUT2D eigenvalue weighted by molar-refractivity contribution is 7.71. The molecular formula is C14H19F2N3O6S. The second-order valence-corrected chi connectivity index (χ2v) is 6.51. The highest BCUT2D eigenvalue weighted by Gasteiger charge is 2.57. The lowest BCUT2D eigenvalue weighted by molar-refractivity contribution is -0.217. The zero-order chi connectivity index (χ0) is 20.7. The number of nitrogens with zero attached hydrogens (tertiary/aromatic N) is 1. The fourth-order valence-electron chi connectivity index (χ4n) is 2.12. The van der Waals surface area contributed by atoms with Crippen LogP contribution in [0.3, 0.4) is 0 Å². The molecule has 5 N–H and O–H groups in total. The monoisotopic (exact) mass is 396 g/mol. The van der Waals surface area contributed by atoms with Crippen LogP contribution in [0.4, 0.5) is 8.78 Å². The Labute approximate surface area is 152 Å². The number of aliphatic hydroxyl groups excluding tert-OH is 2. The summed E-state index contributed by atoms with van der Waals surface area (Å²) >= 11 is 4.52. The number of carbonyl (C=O) groups excluding carboxylic acids is 1. The van der Waals surface area contributed by atoms with Crippen LogP contribution in [0.2, 0.25) is 0 Å². The predicted octanol–water partition coefficient (Wildman–Crippen LogP) is -0.512. The lowest BCUT2D eigenvalue weighted by atomic mass is 10.1. The molecular weight excluding hydrogens is 376 g/mol. The van der Waals surface area contributed by atoms with Crippen LogP contribution in [-0.4, -0.2) is 56.4 Å². The van der Waals surface area contributed by atoms with Crippen LogP contribution in [0.5, 0.6) is 0 Å². The van der Waals surface area contributed by atoms with Gasteiger partial charge in [0, 0.05) is 0 Å². The van der Waals surface area contributed by atoms with E-state index in [0.717, 1.165) is 0 Å². The maximum atomic E-state index is 15.0. The van der Waals surface area contributed by atoms with Crippen molar-refractivity contribution >= 4 is 18.2 Å². The number of aromatic nitrogens is 2. The van der Waals surface area contributed by atoms with Crippen molar-refractivity contribution in [3.63, 3.8) is 0 Å². The molecule has 1 aromatic rings. The third kappa shape index (κ3) is 3.83. The van der Waals surface area contributed by atoms with Gasteiger partial charge in [0.15, 0.2) is 18.6 Å². The zero-order valence-corrected chi connectivity index (χ0v) is 14.6. The fourth-order valence-corrected chi connectivity index (χ4v) is 2.26. The van der Waals surface area contributed by atoms with Gasteiger partial charge in [-0.25, -0.2) is 13.6 Å². The molecule has 0 spiro atoms. The van der Waals surface area contributed by atoms with E-state index in [2.05, 4.69) is 17.0 Å². The molecule has 1 aliphatic rings. The van der Waals surface area contributed by atoms with Crippen LogP contribution in [0.25, 0.3) is 0 Å². The summed E-state index contributed by atoms with van der Waals surface area (Å²) in [5, 5.41) is 20.0. The SMILES string of the molecule is [2H][C@@]1(n2cc(F)c(=S)[nH]c2=O)O[C@](F)(COC(=O)[C@@H](N)C(C)C)[C@@H](O)[C@H]1O. The summed E-state index contributed by atoms with van der Waals surface area (Å²) in [5.74, 6) is -5.72. The zero-order valence-electron chi connectivity index (χ0n) is 14.8. The quantitative estimate of drug-likeness (QED) is 0.385. The Morgan fingerprint density at radius 3 is 2.85 bits per heavy atom. The summed E-state index contributed by atoms with van der Waals surface area (Å²) in [4.78, 5) is 25.6. The summed E-state index contributed by atoms with van der Waals surface area (Å²) in [6, 6.07) is -1.08. The summed E-state index contributed by atoms with van der Waals surface area (Å²) in [5.41, 5.74) is 4.37. The number of aliphatic hydroxyl groups is 2. The topological polar surface area (TPSA) is 140 Å². The highest BCUT2D eigenvalue weighted by atomic mass is 32.1. The van der Waals surface area contributed by atoms with E-state index in [-0.39, 0.29) is 10.5 Å². The Hall–Kier alpha value is -1.73. The van der Waals surface area contributed by atoms with Gasteiger partial charge in [-0.05, 0) is 5.92 Å². The molecule has 12 heteroatoms. The molecule has 0 amide bonds. The average Bonchev–Trinajstić information content (AvgIpc) is 2.76. The van der Waals surface area contributed by atoms with E-state index in [1.54, 1.807) is 13.8 Å². The molecule has 1 fully saturated rings. The molecule has 26 heavy (non-hydrogen) atoms. The Morgan fingerprint density at radius 2 is 2.27 bits per heavy atom. The van der Waals surface area contributed by atoms with E-state index in [4.69, 9.17) is 11.8 Å². The van der Waals surface area contributed by atoms with Gasteiger partial charge in [0.05, 0.1) is 7.57 Å². The Bertz CT molecular complexity index is 851. The Kier molecular flexibility index (Phi) is 5.48. The smallest absolute Gasteiger partial charge is 0.328 e. The fraction of sp³-hybridized carbons (Fsp3) is 0.643. The van der Waals surface area contributed by atoms with Gasteiger partial charge >= 0.3 is 11.7 Å². The lowest BCUT2D eigenvalue weighted by Gasteiger charge is -2.24. The number of hydrogen-bond acceptors (Lipinski definition) is 8. The lowest BCUT2D eigenvalue weighted by Crippen LogP contribution is -2.46. The minimum atomic E-state index is -3.25. The molecule has 0 aromatic carbocycles. The molecule has 0 saturated carbocycles. The molecule has 1 saturated heterocycles. The molecule has 5 atom stereocenters. The molecule has 1 aromatic heterocycles. The first-order valence-corrected chi connectivity index (χ1v) is 7.93. The molecule has 0 unspecified atom stereocenters. The van der Waals surface area contributed by atoms with Gasteiger partial charge in [0.1, 0.15) is 22.9 Å². The summed E-state index contributed by atoms with van der Waals surface area (Å²) < 4.78 is 45.7. The number of ether oxygens (including phenoxy) is 2. The van der Waals surface area contributed by atoms with Crippen molar-refractivity contribution < 1.29 is 34.6 Å². The van der Waals surface area contributed by atoms with Gasteiger partial charge in [-0.1, -0.05) is 26.1 Å². The molecule has 1 aliphatic heterocycles. The van der Waals surface area contributed by atoms with E-state index in [9.17, 15) is 28.6 Å². The number of H-pyrrole nitrogens is 1. The highest BCUT2D eigenvalue weighted by Crippen LogP contribution is 2.38. The normalized spacial score (nSPS) is 33.2. The minimum Gasteiger partial charge on any atom is -0.458 e. The molecule has 0 aliphatic carbocycles. The van der Waals surface area contributed by atoms with E-state index in [1.807, 2.05) is 4.98 Å². The predicted molar refractivity (Wildman–Crippen MR) is 85.6 cm³/mol. The van der Waals surface area contributed by atoms with Crippen LogP contribution >= 0.6 is 12.2 Å². The van der Waals surface area contributed by atoms with Crippen molar-refractivity contribution in [1.82, 2.24) is 9.55 Å². The number of esters is 1. The third-order valence-electron chi connectivity index (χ3n) is 3.81. The van der Waals surface area contributed by atoms with Gasteiger partial charge in [0.2, 0.25) is 0 Å². The number of hydrogen-bond donors (Lipinski definition) is 4. The largest absolute Gasteiger partial charge is 0.458 e. The van der Waals surface area contributed by atoms with Gasteiger partial charge < -0.3 is 25.4 Å². The second kappa shape index (κ2) is 7.48. The number of carbonyl (C=O) groups is 1. The van der Waals surface area contributed by atoms with Gasteiger partial charge in [0.25, 0.3) is 5.85 Å². The van der Waals surface area contributed by atoms with E-state index in [1.165, 1.54) is 0 Å². The number of halogens is 2. The number of rotatable bonds is 5. The number of nitrogens with one attached hydrogen (secondary N) is 1. The number of aromatic amines is 1. The van der Waals surface area contributed by atoms with Crippen molar-refractivity contribution in [1.29, 1.82) is 0 Å². The second-order valence-electron chi connectivity index (χ2n) is 6.10. The van der Waals surface area contributed by atoms with Crippen molar-refractivity contribution in [2.45, 2.75) is 44.2 Å². The first-order valence-electron chi connectivity index (χ1n) is 8.03. The van der Waals surface area contributed by atoms with Crippen LogP contribution in [-0.2, 0) is 14.3 Å². The van der Waals surface area contributed by atoms with E-state index < -0.39 is 59.0 Å². The Balaban J connectivity index is 2.31. The Morgan fingerprint density at radius 1 is 1.65 bits per heavy atom. The van der Waals surface area contributed by atoms with Crippen molar-refractivity contribution in [3.05, 3.63) is 27.1 Å². The van der Waals surface area contributed by atoms with E-state index >= 15 is 0 Å². The number of alkyl halides is 1. The van der Waals surface area contributed by atoms with Gasteiger partial charge in [-0.15, -0.1) is 0 Å². The third-order valence-corrected chi connectivity index (χ3v) is 4.10. The maximum absolute atomic E-state index is 15.0. The van der Waals surface area contributed by atoms with Crippen LogP contribution in [0.1, 0.15) is 21.4 Å². The van der Waals surface area contributed by atoms with E-state index in [0.29, 0.717) is 6.20 Å². The maximum Gasteiger partial charge on any atom is 0.328 e. The minimum absolute atomic E-state index is 0.190. The molecule has 146 valence electrons. The van der Waals surface area contributed by atoms with Crippen LogP contribution in [0, 0.1) is 16.4 Å². The molecule has 0 bridgehead atoms. The summed E-state index contributed by atoms with van der Waals surface area (Å²) in [7, 11) is 0. The molecule has 2 rings (SSSR count).